The second-order valence-electron chi connectivity index (χ2n) is 6.06. The number of ether oxygens (including phenoxy) is 1. The molecule has 0 radical (unpaired) electrons. The van der Waals surface area contributed by atoms with Crippen LogP contribution in [0.3, 0.4) is 0 Å². The summed E-state index contributed by atoms with van der Waals surface area (Å²) in [5.74, 6) is -0.854. The Hall–Kier alpha value is -2.60. The molecule has 1 N–H and O–H groups in total. The summed E-state index contributed by atoms with van der Waals surface area (Å²) in [6, 6.07) is 15.0. The van der Waals surface area contributed by atoms with E-state index in [4.69, 9.17) is 4.74 Å². The topological polar surface area (TPSA) is 60.3 Å². The zero-order chi connectivity index (χ0) is 18.7. The van der Waals surface area contributed by atoms with Crippen LogP contribution in [0.1, 0.15) is 28.9 Å². The smallest absolute Gasteiger partial charge is 0.340 e. The Balaban J connectivity index is 1.62. The zero-order valence-electron chi connectivity index (χ0n) is 14.5. The van der Waals surface area contributed by atoms with Crippen LogP contribution in [0.4, 0.5) is 0 Å². The van der Waals surface area contributed by atoms with Gasteiger partial charge in [0.25, 0.3) is 5.91 Å². The van der Waals surface area contributed by atoms with Gasteiger partial charge in [0.15, 0.2) is 6.61 Å². The van der Waals surface area contributed by atoms with Gasteiger partial charge in [-0.05, 0) is 24.6 Å². The molecule has 1 heterocycles. The molecule has 0 fully saturated rings. The summed E-state index contributed by atoms with van der Waals surface area (Å²) in [6.07, 6.45) is 1.72. The quantitative estimate of drug-likeness (QED) is 0.642. The first-order valence-electron chi connectivity index (χ1n) is 8.22. The molecule has 0 saturated heterocycles. The van der Waals surface area contributed by atoms with E-state index < -0.39 is 5.97 Å². The molecule has 3 rings (SSSR count). The molecule has 0 unspecified atom stereocenters. The molecule has 0 saturated carbocycles. The standard InChI is InChI=1S/C20H19BrN2O3/c1-13(14-7-3-5-9-17(14)21)22-19(24)12-26-20(25)16-11-23(2)18-10-6-4-8-15(16)18/h3-11,13H,12H2,1-2H3,(H,22,24)/t13-/m0/s1. The highest BCUT2D eigenvalue weighted by Crippen LogP contribution is 2.23. The van der Waals surface area contributed by atoms with Gasteiger partial charge < -0.3 is 14.6 Å². The zero-order valence-corrected chi connectivity index (χ0v) is 16.1. The molecule has 0 spiro atoms. The van der Waals surface area contributed by atoms with Crippen LogP contribution in [0.25, 0.3) is 10.9 Å². The number of amides is 1. The number of benzene rings is 2. The van der Waals surface area contributed by atoms with Crippen LogP contribution in [0, 0.1) is 0 Å². The summed E-state index contributed by atoms with van der Waals surface area (Å²) in [6.45, 7) is 1.56. The van der Waals surface area contributed by atoms with E-state index in [0.29, 0.717) is 5.56 Å². The molecule has 2 aromatic carbocycles. The van der Waals surface area contributed by atoms with Gasteiger partial charge in [0.2, 0.25) is 0 Å². The molecule has 0 aliphatic carbocycles. The van der Waals surface area contributed by atoms with E-state index in [1.807, 2.05) is 67.1 Å². The van der Waals surface area contributed by atoms with Crippen molar-refractivity contribution in [2.45, 2.75) is 13.0 Å². The van der Waals surface area contributed by atoms with Gasteiger partial charge in [-0.3, -0.25) is 4.79 Å². The minimum atomic E-state index is -0.509. The third-order valence-corrected chi connectivity index (χ3v) is 4.92. The number of halogens is 1. The fourth-order valence-electron chi connectivity index (χ4n) is 2.90. The molecule has 1 amide bonds. The highest BCUT2D eigenvalue weighted by Gasteiger charge is 2.17. The summed E-state index contributed by atoms with van der Waals surface area (Å²) in [5, 5.41) is 3.64. The van der Waals surface area contributed by atoms with E-state index in [2.05, 4.69) is 21.2 Å². The summed E-state index contributed by atoms with van der Waals surface area (Å²) in [5.41, 5.74) is 2.35. The number of aryl methyl sites for hydroxylation is 1. The highest BCUT2D eigenvalue weighted by molar-refractivity contribution is 9.10. The summed E-state index contributed by atoms with van der Waals surface area (Å²) >= 11 is 3.47. The number of esters is 1. The van der Waals surface area contributed by atoms with E-state index >= 15 is 0 Å². The fourth-order valence-corrected chi connectivity index (χ4v) is 3.53. The van der Waals surface area contributed by atoms with E-state index in [-0.39, 0.29) is 18.6 Å². The lowest BCUT2D eigenvalue weighted by atomic mass is 10.1. The summed E-state index contributed by atoms with van der Waals surface area (Å²) < 4.78 is 7.98. The van der Waals surface area contributed by atoms with E-state index in [1.54, 1.807) is 6.20 Å². The fraction of sp³-hybridized carbons (Fsp3) is 0.200. The van der Waals surface area contributed by atoms with Gasteiger partial charge in [0.05, 0.1) is 11.6 Å². The second kappa shape index (κ2) is 7.74. The van der Waals surface area contributed by atoms with Crippen molar-refractivity contribution in [1.82, 2.24) is 9.88 Å². The molecule has 134 valence electrons. The predicted octanol–water partition coefficient (Wildman–Crippen LogP) is 3.98. The Labute approximate surface area is 160 Å². The van der Waals surface area contributed by atoms with E-state index in [1.165, 1.54) is 0 Å². The van der Waals surface area contributed by atoms with Crippen LogP contribution in [-0.4, -0.2) is 23.1 Å². The maximum Gasteiger partial charge on any atom is 0.340 e. The second-order valence-corrected chi connectivity index (χ2v) is 6.91. The lowest BCUT2D eigenvalue weighted by Crippen LogP contribution is -2.31. The van der Waals surface area contributed by atoms with Gasteiger partial charge in [-0.25, -0.2) is 4.79 Å². The maximum absolute atomic E-state index is 12.4. The molecule has 1 aromatic heterocycles. The summed E-state index contributed by atoms with van der Waals surface area (Å²) in [7, 11) is 1.87. The van der Waals surface area contributed by atoms with Crippen molar-refractivity contribution in [2.75, 3.05) is 6.61 Å². The molecule has 5 nitrogen and oxygen atoms in total. The van der Waals surface area contributed by atoms with Crippen molar-refractivity contribution in [3.8, 4) is 0 Å². The molecule has 6 heteroatoms. The number of nitrogens with zero attached hydrogens (tertiary/aromatic N) is 1. The number of nitrogens with one attached hydrogen (secondary N) is 1. The molecular weight excluding hydrogens is 396 g/mol. The largest absolute Gasteiger partial charge is 0.452 e. The van der Waals surface area contributed by atoms with Crippen LogP contribution >= 0.6 is 15.9 Å². The molecule has 0 aliphatic rings. The SMILES string of the molecule is C[C@H](NC(=O)COC(=O)c1cn(C)c2ccccc12)c1ccccc1Br. The minimum Gasteiger partial charge on any atom is -0.452 e. The van der Waals surface area contributed by atoms with Gasteiger partial charge in [-0.1, -0.05) is 52.3 Å². The number of hydrogen-bond donors (Lipinski definition) is 1. The van der Waals surface area contributed by atoms with Gasteiger partial charge >= 0.3 is 5.97 Å². The van der Waals surface area contributed by atoms with Crippen LogP contribution in [0.5, 0.6) is 0 Å². The monoisotopic (exact) mass is 414 g/mol. The van der Waals surface area contributed by atoms with Crippen LogP contribution in [0.2, 0.25) is 0 Å². The Kier molecular flexibility index (Phi) is 5.42. The van der Waals surface area contributed by atoms with Gasteiger partial charge in [-0.15, -0.1) is 0 Å². The first kappa shape index (κ1) is 18.2. The van der Waals surface area contributed by atoms with Gasteiger partial charge in [0, 0.05) is 28.6 Å². The number of carbonyl (C=O) groups is 2. The lowest BCUT2D eigenvalue weighted by Gasteiger charge is -2.15. The number of carbonyl (C=O) groups excluding carboxylic acids is 2. The van der Waals surface area contributed by atoms with Crippen LogP contribution in [0.15, 0.2) is 59.2 Å². The van der Waals surface area contributed by atoms with Crippen molar-refractivity contribution in [3.05, 3.63) is 70.3 Å². The Morgan fingerprint density at radius 1 is 1.15 bits per heavy atom. The van der Waals surface area contributed by atoms with Crippen molar-refractivity contribution in [3.63, 3.8) is 0 Å². The predicted molar refractivity (Wildman–Crippen MR) is 104 cm³/mol. The average Bonchev–Trinajstić information content (AvgIpc) is 2.97. The van der Waals surface area contributed by atoms with Gasteiger partial charge in [-0.2, -0.15) is 0 Å². The molecule has 3 aromatic rings. The third-order valence-electron chi connectivity index (χ3n) is 4.20. The van der Waals surface area contributed by atoms with Crippen molar-refractivity contribution < 1.29 is 14.3 Å². The van der Waals surface area contributed by atoms with E-state index in [9.17, 15) is 9.59 Å². The van der Waals surface area contributed by atoms with E-state index in [0.717, 1.165) is 20.9 Å². The van der Waals surface area contributed by atoms with Crippen LogP contribution in [-0.2, 0) is 16.6 Å². The van der Waals surface area contributed by atoms with Crippen molar-refractivity contribution in [2.24, 2.45) is 7.05 Å². The molecule has 26 heavy (non-hydrogen) atoms. The number of fused-ring (bicyclic) bond motifs is 1. The Bertz CT molecular complexity index is 965. The summed E-state index contributed by atoms with van der Waals surface area (Å²) in [4.78, 5) is 24.5. The molecule has 0 aliphatic heterocycles. The normalized spacial score (nSPS) is 12.0. The Morgan fingerprint density at radius 2 is 1.85 bits per heavy atom. The first-order chi connectivity index (χ1) is 12.5. The lowest BCUT2D eigenvalue weighted by molar-refractivity contribution is -0.124. The average molecular weight is 415 g/mol. The number of para-hydroxylation sites is 1. The number of aromatic nitrogens is 1. The number of rotatable bonds is 5. The molecule has 0 bridgehead atoms. The maximum atomic E-state index is 12.4. The molecule has 1 atom stereocenters. The van der Waals surface area contributed by atoms with Crippen LogP contribution < -0.4 is 5.32 Å². The molecular formula is C20H19BrN2O3. The van der Waals surface area contributed by atoms with Crippen molar-refractivity contribution in [1.29, 1.82) is 0 Å². The van der Waals surface area contributed by atoms with Gasteiger partial charge in [0.1, 0.15) is 0 Å². The first-order valence-corrected chi connectivity index (χ1v) is 9.01. The third kappa shape index (κ3) is 3.80. The number of hydrogen-bond acceptors (Lipinski definition) is 3. The van der Waals surface area contributed by atoms with Crippen molar-refractivity contribution >= 4 is 38.7 Å². The highest BCUT2D eigenvalue weighted by atomic mass is 79.9. The Morgan fingerprint density at radius 3 is 2.62 bits per heavy atom. The minimum absolute atomic E-state index is 0.200.